The monoisotopic (exact) mass is 886 g/mol. The lowest BCUT2D eigenvalue weighted by Gasteiger charge is -2.53. The van der Waals surface area contributed by atoms with Gasteiger partial charge in [0, 0.05) is 51.8 Å². The Kier molecular flexibility index (Phi) is 13.2. The van der Waals surface area contributed by atoms with Crippen molar-refractivity contribution < 1.29 is 23.9 Å². The lowest BCUT2D eigenvalue weighted by Crippen LogP contribution is -2.52. The first-order valence-corrected chi connectivity index (χ1v) is 22.9. The van der Waals surface area contributed by atoms with Crippen LogP contribution in [0.4, 0.5) is 17.3 Å². The molecule has 1 aliphatic carbocycles. The number of nitrogens with zero attached hydrogens (tertiary/aromatic N) is 7. The van der Waals surface area contributed by atoms with Crippen LogP contribution in [0.1, 0.15) is 99.1 Å². The summed E-state index contributed by atoms with van der Waals surface area (Å²) in [6, 6.07) is 21.4. The summed E-state index contributed by atoms with van der Waals surface area (Å²) in [4.78, 5) is 54.7. The highest BCUT2D eigenvalue weighted by atomic mass is 35.5. The molecule has 0 radical (unpaired) electrons. The second-order valence-electron chi connectivity index (χ2n) is 18.9. The van der Waals surface area contributed by atoms with Crippen molar-refractivity contribution >= 4 is 47.1 Å². The summed E-state index contributed by atoms with van der Waals surface area (Å²) in [6.45, 7) is 9.77. The van der Waals surface area contributed by atoms with E-state index in [0.29, 0.717) is 52.8 Å². The number of likely N-dealkylation sites (tertiary alicyclic amines) is 1. The summed E-state index contributed by atoms with van der Waals surface area (Å²) >= 11 is 6.47. The highest BCUT2D eigenvalue weighted by Crippen LogP contribution is 2.53. The fourth-order valence-electron chi connectivity index (χ4n) is 10.5. The molecule has 4 aromatic rings. The normalized spacial score (nSPS) is 19.4. The SMILES string of the molecule is COc1c(Cl)cc(C(C)(C)c2ccc(OCc3ccnc(N4CCC5(CC4)CC(CN4CCC(c6ccc(N(C=O)C7CCC(=O)NC7=O)c(N(C)C)c6)CC4)C5)n3)cc2)cc1C#N. The van der Waals surface area contributed by atoms with E-state index < -0.39 is 17.4 Å². The van der Waals surface area contributed by atoms with Gasteiger partial charge in [0.25, 0.3) is 0 Å². The maximum absolute atomic E-state index is 12.6. The van der Waals surface area contributed by atoms with Gasteiger partial charge in [0.2, 0.25) is 24.2 Å². The first-order valence-electron chi connectivity index (χ1n) is 22.5. The molecule has 1 unspecified atom stereocenters. The van der Waals surface area contributed by atoms with E-state index in [4.69, 9.17) is 26.1 Å². The van der Waals surface area contributed by atoms with E-state index in [0.717, 1.165) is 98.5 Å². The first-order chi connectivity index (χ1) is 30.8. The third-order valence-electron chi connectivity index (χ3n) is 14.3. The molecule has 3 aliphatic heterocycles. The Balaban J connectivity index is 0.785. The number of nitriles is 1. The van der Waals surface area contributed by atoms with E-state index in [1.807, 2.05) is 73.7 Å². The predicted molar refractivity (Wildman–Crippen MR) is 248 cm³/mol. The van der Waals surface area contributed by atoms with Gasteiger partial charge in [-0.1, -0.05) is 43.6 Å². The number of amides is 3. The van der Waals surface area contributed by atoms with Crippen LogP contribution in [0, 0.1) is 22.7 Å². The van der Waals surface area contributed by atoms with Gasteiger partial charge in [-0.05, 0) is 134 Å². The molecule has 1 aromatic heterocycles. The van der Waals surface area contributed by atoms with Gasteiger partial charge in [0.1, 0.15) is 24.5 Å². The number of methoxy groups -OCH3 is 1. The smallest absolute Gasteiger partial charge is 0.249 e. The number of anilines is 3. The fraction of sp³-hybridized carbons (Fsp3) is 0.480. The van der Waals surface area contributed by atoms with E-state index in [1.165, 1.54) is 30.4 Å². The van der Waals surface area contributed by atoms with E-state index in [9.17, 15) is 19.6 Å². The molecule has 3 aromatic carbocycles. The van der Waals surface area contributed by atoms with Gasteiger partial charge >= 0.3 is 0 Å². The minimum absolute atomic E-state index is 0.217. The van der Waals surface area contributed by atoms with Crippen LogP contribution in [0.3, 0.4) is 0 Å². The van der Waals surface area contributed by atoms with Crippen LogP contribution in [0.25, 0.3) is 0 Å². The summed E-state index contributed by atoms with van der Waals surface area (Å²) in [5.41, 5.74) is 6.09. The number of ether oxygens (including phenoxy) is 2. The fourth-order valence-corrected chi connectivity index (χ4v) is 10.8. The maximum atomic E-state index is 12.6. The standard InChI is InChI=1S/C50H59ClN8O5/c1-49(2,38-24-36(29-52)46(63-5)41(51)26-38)37-7-9-40(10-8-37)64-31-39-14-19-53-48(54-39)58-22-17-50(18-23-58)27-33(28-50)30-57-20-15-34(16-21-57)35-6-11-42(44(25-35)56(3)4)59(32-60)43-12-13-45(61)55-47(43)62/h6-11,14,19,24-26,32-34,43H,12-13,15-18,20-23,27-28,30-31H2,1-5H3,(H,55,61,62). The highest BCUT2D eigenvalue weighted by molar-refractivity contribution is 6.32. The Bertz CT molecular complexity index is 2390. The number of aromatic nitrogens is 2. The average Bonchev–Trinajstić information content (AvgIpc) is 3.29. The van der Waals surface area contributed by atoms with E-state index in [2.05, 4.69) is 52.2 Å². The lowest BCUT2D eigenvalue weighted by atomic mass is 9.57. The number of nitrogens with one attached hydrogen (secondary N) is 1. The van der Waals surface area contributed by atoms with Crippen molar-refractivity contribution in [1.29, 1.82) is 5.26 Å². The van der Waals surface area contributed by atoms with Gasteiger partial charge in [0.05, 0.1) is 34.8 Å². The van der Waals surface area contributed by atoms with E-state index >= 15 is 0 Å². The number of hydrogen-bond acceptors (Lipinski definition) is 11. The average molecular weight is 888 g/mol. The predicted octanol–water partition coefficient (Wildman–Crippen LogP) is 7.63. The first kappa shape index (κ1) is 44.9. The van der Waals surface area contributed by atoms with Crippen molar-refractivity contribution in [1.82, 2.24) is 20.2 Å². The van der Waals surface area contributed by atoms with Gasteiger partial charge in [-0.2, -0.15) is 5.26 Å². The topological polar surface area (TPSA) is 144 Å². The molecule has 4 fully saturated rings. The molecule has 3 saturated heterocycles. The largest absolute Gasteiger partial charge is 0.494 e. The Morgan fingerprint density at radius 2 is 1.70 bits per heavy atom. The molecule has 0 bridgehead atoms. The Morgan fingerprint density at radius 3 is 2.36 bits per heavy atom. The van der Waals surface area contributed by atoms with Gasteiger partial charge in [-0.25, -0.2) is 9.97 Å². The van der Waals surface area contributed by atoms with Gasteiger partial charge in [-0.15, -0.1) is 0 Å². The van der Waals surface area contributed by atoms with Crippen LogP contribution in [-0.4, -0.2) is 93.1 Å². The van der Waals surface area contributed by atoms with Crippen LogP contribution < -0.4 is 29.5 Å². The molecule has 13 nitrogen and oxygen atoms in total. The zero-order valence-corrected chi connectivity index (χ0v) is 38.4. The van der Waals surface area contributed by atoms with Crippen molar-refractivity contribution in [2.75, 3.05) is 68.6 Å². The van der Waals surface area contributed by atoms with Crippen LogP contribution in [0.5, 0.6) is 11.5 Å². The van der Waals surface area contributed by atoms with Crippen LogP contribution in [-0.2, 0) is 26.4 Å². The minimum atomic E-state index is -0.702. The zero-order valence-electron chi connectivity index (χ0n) is 37.6. The van der Waals surface area contributed by atoms with E-state index in [1.54, 1.807) is 0 Å². The molecule has 336 valence electrons. The summed E-state index contributed by atoms with van der Waals surface area (Å²) < 4.78 is 11.5. The number of imide groups is 1. The highest BCUT2D eigenvalue weighted by Gasteiger charge is 2.46. The van der Waals surface area contributed by atoms with E-state index in [-0.39, 0.29) is 12.3 Å². The number of halogens is 1. The summed E-state index contributed by atoms with van der Waals surface area (Å²) in [5.74, 6) is 2.35. The molecule has 4 aliphatic rings. The third kappa shape index (κ3) is 9.40. The van der Waals surface area contributed by atoms with Gasteiger partial charge in [-0.3, -0.25) is 19.7 Å². The van der Waals surface area contributed by atoms with Crippen molar-refractivity contribution in [2.24, 2.45) is 11.3 Å². The quantitative estimate of drug-likeness (QED) is 0.0987. The summed E-state index contributed by atoms with van der Waals surface area (Å²) in [6.07, 6.45) is 10.1. The van der Waals surface area contributed by atoms with Crippen molar-refractivity contribution in [2.45, 2.75) is 89.2 Å². The molecule has 4 heterocycles. The second-order valence-corrected chi connectivity index (χ2v) is 19.3. The molecule has 64 heavy (non-hydrogen) atoms. The summed E-state index contributed by atoms with van der Waals surface area (Å²) in [7, 11) is 5.43. The summed E-state index contributed by atoms with van der Waals surface area (Å²) in [5, 5.41) is 12.5. The number of piperidine rings is 3. The molecule has 1 N–H and O–H groups in total. The molecule has 8 rings (SSSR count). The van der Waals surface area contributed by atoms with Crippen molar-refractivity contribution in [3.05, 3.63) is 99.8 Å². The second kappa shape index (κ2) is 18.8. The number of benzene rings is 3. The number of carbonyl (C=O) groups excluding carboxylic acids is 3. The molecule has 1 spiro atoms. The Labute approximate surface area is 381 Å². The number of rotatable bonds is 14. The Morgan fingerprint density at radius 1 is 0.969 bits per heavy atom. The Hall–Kier alpha value is -5.71. The lowest BCUT2D eigenvalue weighted by molar-refractivity contribution is -0.134. The minimum Gasteiger partial charge on any atom is -0.494 e. The molecule has 3 amide bonds. The molecular formula is C50H59ClN8O5. The molecule has 1 atom stereocenters. The van der Waals surface area contributed by atoms with Crippen molar-refractivity contribution in [3.63, 3.8) is 0 Å². The van der Waals surface area contributed by atoms with Crippen LogP contribution in [0.15, 0.2) is 66.9 Å². The number of hydrogen-bond donors (Lipinski definition) is 1. The van der Waals surface area contributed by atoms with Crippen molar-refractivity contribution in [3.8, 4) is 17.6 Å². The third-order valence-corrected chi connectivity index (χ3v) is 14.6. The van der Waals surface area contributed by atoms with Gasteiger partial charge < -0.3 is 29.1 Å². The number of carbonyl (C=O) groups is 3. The van der Waals surface area contributed by atoms with Crippen LogP contribution in [0.2, 0.25) is 5.02 Å². The molecular weight excluding hydrogens is 828 g/mol. The zero-order chi connectivity index (χ0) is 45.2. The van der Waals surface area contributed by atoms with Crippen LogP contribution >= 0.6 is 11.6 Å². The van der Waals surface area contributed by atoms with Gasteiger partial charge in [0.15, 0.2) is 5.75 Å². The molecule has 14 heteroatoms. The maximum Gasteiger partial charge on any atom is 0.249 e. The molecule has 1 saturated carbocycles.